The van der Waals surface area contributed by atoms with Crippen molar-refractivity contribution in [2.45, 2.75) is 39.0 Å². The van der Waals surface area contributed by atoms with E-state index in [0.717, 1.165) is 32.1 Å². The standard InChI is InChI=1S/C9H21NO2S/c1-2-8-13(11,12)9-6-4-3-5-7-10/h2-10H2,1H3. The van der Waals surface area contributed by atoms with Crippen molar-refractivity contribution in [1.29, 1.82) is 0 Å². The number of hydrogen-bond donors (Lipinski definition) is 1. The number of unbranched alkanes of at least 4 members (excludes halogenated alkanes) is 3. The molecule has 0 rings (SSSR count). The van der Waals surface area contributed by atoms with Crippen LogP contribution in [0.1, 0.15) is 39.0 Å². The van der Waals surface area contributed by atoms with E-state index in [0.29, 0.717) is 18.1 Å². The summed E-state index contributed by atoms with van der Waals surface area (Å²) in [7, 11) is -2.75. The smallest absolute Gasteiger partial charge is 0.150 e. The van der Waals surface area contributed by atoms with Gasteiger partial charge in [-0.05, 0) is 25.8 Å². The third-order valence-electron chi connectivity index (χ3n) is 1.92. The fraction of sp³-hybridized carbons (Fsp3) is 1.00. The first kappa shape index (κ1) is 12.9. The summed E-state index contributed by atoms with van der Waals surface area (Å²) in [6.07, 6.45) is 4.57. The molecule has 0 fully saturated rings. The van der Waals surface area contributed by atoms with Crippen LogP contribution in [0.15, 0.2) is 0 Å². The summed E-state index contributed by atoms with van der Waals surface area (Å²) in [5.41, 5.74) is 5.33. The molecule has 0 unspecified atom stereocenters. The molecule has 0 aromatic heterocycles. The normalized spacial score (nSPS) is 11.8. The molecule has 80 valence electrons. The largest absolute Gasteiger partial charge is 0.330 e. The van der Waals surface area contributed by atoms with Gasteiger partial charge < -0.3 is 5.73 Å². The van der Waals surface area contributed by atoms with Gasteiger partial charge in [0, 0.05) is 5.75 Å². The minimum Gasteiger partial charge on any atom is -0.330 e. The Hall–Kier alpha value is -0.0900. The van der Waals surface area contributed by atoms with Crippen molar-refractivity contribution in [3.05, 3.63) is 0 Å². The Balaban J connectivity index is 3.41. The Morgan fingerprint density at radius 3 is 2.15 bits per heavy atom. The van der Waals surface area contributed by atoms with Gasteiger partial charge in [0.25, 0.3) is 0 Å². The van der Waals surface area contributed by atoms with Crippen LogP contribution in [-0.2, 0) is 9.84 Å². The van der Waals surface area contributed by atoms with Crippen molar-refractivity contribution in [2.24, 2.45) is 5.73 Å². The van der Waals surface area contributed by atoms with Gasteiger partial charge in [0.1, 0.15) is 9.84 Å². The molecule has 0 saturated carbocycles. The molecule has 3 nitrogen and oxygen atoms in total. The highest BCUT2D eigenvalue weighted by Crippen LogP contribution is 2.03. The number of sulfone groups is 1. The van der Waals surface area contributed by atoms with E-state index >= 15 is 0 Å². The lowest BCUT2D eigenvalue weighted by Crippen LogP contribution is -2.10. The lowest BCUT2D eigenvalue weighted by atomic mass is 10.2. The number of hydrogen-bond acceptors (Lipinski definition) is 3. The maximum Gasteiger partial charge on any atom is 0.150 e. The van der Waals surface area contributed by atoms with Crippen molar-refractivity contribution in [2.75, 3.05) is 18.1 Å². The van der Waals surface area contributed by atoms with Gasteiger partial charge in [-0.25, -0.2) is 8.42 Å². The Bertz CT molecular complexity index is 200. The van der Waals surface area contributed by atoms with Crippen LogP contribution in [0.5, 0.6) is 0 Å². The van der Waals surface area contributed by atoms with Crippen molar-refractivity contribution in [1.82, 2.24) is 0 Å². The van der Waals surface area contributed by atoms with Crippen LogP contribution >= 0.6 is 0 Å². The predicted molar refractivity (Wildman–Crippen MR) is 56.5 cm³/mol. The average Bonchev–Trinajstić information content (AvgIpc) is 2.04. The van der Waals surface area contributed by atoms with Gasteiger partial charge >= 0.3 is 0 Å². The third-order valence-corrected chi connectivity index (χ3v) is 3.87. The highest BCUT2D eigenvalue weighted by molar-refractivity contribution is 7.91. The summed E-state index contributed by atoms with van der Waals surface area (Å²) >= 11 is 0. The molecule has 4 heteroatoms. The molecule has 0 amide bonds. The van der Waals surface area contributed by atoms with E-state index in [1.165, 1.54) is 0 Å². The van der Waals surface area contributed by atoms with Crippen molar-refractivity contribution < 1.29 is 8.42 Å². The molecule has 0 radical (unpaired) electrons. The Morgan fingerprint density at radius 2 is 1.62 bits per heavy atom. The molecule has 2 N–H and O–H groups in total. The molecule has 0 atom stereocenters. The Kier molecular flexibility index (Phi) is 7.28. The third kappa shape index (κ3) is 8.25. The second-order valence-corrected chi connectivity index (χ2v) is 5.66. The van der Waals surface area contributed by atoms with Crippen LogP contribution in [0.2, 0.25) is 0 Å². The molecule has 0 aliphatic carbocycles. The van der Waals surface area contributed by atoms with Gasteiger partial charge in [-0.15, -0.1) is 0 Å². The zero-order valence-corrected chi connectivity index (χ0v) is 9.28. The second kappa shape index (κ2) is 7.33. The first-order valence-corrected chi connectivity index (χ1v) is 6.85. The summed E-state index contributed by atoms with van der Waals surface area (Å²) in [6.45, 7) is 2.60. The Labute approximate surface area is 81.6 Å². The van der Waals surface area contributed by atoms with E-state index in [9.17, 15) is 8.42 Å². The van der Waals surface area contributed by atoms with E-state index in [1.54, 1.807) is 0 Å². The van der Waals surface area contributed by atoms with Gasteiger partial charge in [-0.3, -0.25) is 0 Å². The van der Waals surface area contributed by atoms with Crippen LogP contribution in [0, 0.1) is 0 Å². The molecule has 0 bridgehead atoms. The van der Waals surface area contributed by atoms with Crippen molar-refractivity contribution in [3.63, 3.8) is 0 Å². The minimum atomic E-state index is -2.75. The topological polar surface area (TPSA) is 60.2 Å². The second-order valence-electron chi connectivity index (χ2n) is 3.35. The average molecular weight is 207 g/mol. The number of rotatable bonds is 8. The highest BCUT2D eigenvalue weighted by atomic mass is 32.2. The molecule has 0 heterocycles. The van der Waals surface area contributed by atoms with Crippen LogP contribution in [0.25, 0.3) is 0 Å². The van der Waals surface area contributed by atoms with E-state index in [1.807, 2.05) is 6.92 Å². The predicted octanol–water partition coefficient (Wildman–Crippen LogP) is 1.33. The lowest BCUT2D eigenvalue weighted by molar-refractivity contribution is 0.586. The van der Waals surface area contributed by atoms with Gasteiger partial charge in [-0.1, -0.05) is 19.8 Å². The number of nitrogens with two attached hydrogens (primary N) is 1. The molecule has 0 spiro atoms. The van der Waals surface area contributed by atoms with Gasteiger partial charge in [-0.2, -0.15) is 0 Å². The highest BCUT2D eigenvalue weighted by Gasteiger charge is 2.07. The molecular weight excluding hydrogens is 186 g/mol. The van der Waals surface area contributed by atoms with Crippen LogP contribution in [0.3, 0.4) is 0 Å². The minimum absolute atomic E-state index is 0.337. The fourth-order valence-corrected chi connectivity index (χ4v) is 2.70. The first-order chi connectivity index (χ1) is 6.12. The molecule has 0 aliphatic heterocycles. The lowest BCUT2D eigenvalue weighted by Gasteiger charge is -2.01. The zero-order chi connectivity index (χ0) is 10.2. The summed E-state index contributed by atoms with van der Waals surface area (Å²) in [4.78, 5) is 0. The van der Waals surface area contributed by atoms with E-state index in [4.69, 9.17) is 5.73 Å². The summed E-state index contributed by atoms with van der Waals surface area (Å²) in [5.74, 6) is 0.690. The van der Waals surface area contributed by atoms with Crippen LogP contribution < -0.4 is 5.73 Å². The Morgan fingerprint density at radius 1 is 1.00 bits per heavy atom. The van der Waals surface area contributed by atoms with Gasteiger partial charge in [0.05, 0.1) is 5.75 Å². The van der Waals surface area contributed by atoms with E-state index in [-0.39, 0.29) is 0 Å². The fourth-order valence-electron chi connectivity index (χ4n) is 1.23. The summed E-state index contributed by atoms with van der Waals surface area (Å²) < 4.78 is 22.5. The maximum atomic E-state index is 11.2. The molecule has 0 saturated heterocycles. The van der Waals surface area contributed by atoms with Crippen LogP contribution in [0.4, 0.5) is 0 Å². The SMILES string of the molecule is CCCS(=O)(=O)CCCCCCN. The van der Waals surface area contributed by atoms with Crippen molar-refractivity contribution >= 4 is 9.84 Å². The molecule has 0 aromatic rings. The molecular formula is C9H21NO2S. The molecule has 0 aliphatic rings. The van der Waals surface area contributed by atoms with Crippen molar-refractivity contribution in [3.8, 4) is 0 Å². The quantitative estimate of drug-likeness (QED) is 0.611. The summed E-state index contributed by atoms with van der Waals surface area (Å²) in [5, 5.41) is 0. The molecule has 13 heavy (non-hydrogen) atoms. The van der Waals surface area contributed by atoms with E-state index < -0.39 is 9.84 Å². The monoisotopic (exact) mass is 207 g/mol. The van der Waals surface area contributed by atoms with Gasteiger partial charge in [0.2, 0.25) is 0 Å². The maximum absolute atomic E-state index is 11.2. The van der Waals surface area contributed by atoms with Crippen LogP contribution in [-0.4, -0.2) is 26.5 Å². The van der Waals surface area contributed by atoms with Gasteiger partial charge in [0.15, 0.2) is 0 Å². The first-order valence-electron chi connectivity index (χ1n) is 5.03. The molecule has 0 aromatic carbocycles. The van der Waals surface area contributed by atoms with E-state index in [2.05, 4.69) is 0 Å². The summed E-state index contributed by atoms with van der Waals surface area (Å²) in [6, 6.07) is 0. The zero-order valence-electron chi connectivity index (χ0n) is 8.46.